The number of fused-ring (bicyclic) bond motifs is 1. The summed E-state index contributed by atoms with van der Waals surface area (Å²) in [5.74, 6) is 0.297. The van der Waals surface area contributed by atoms with Crippen LogP contribution in [0.3, 0.4) is 0 Å². The molecule has 0 saturated carbocycles. The van der Waals surface area contributed by atoms with Gasteiger partial charge in [-0.25, -0.2) is 23.4 Å². The molecule has 12 heteroatoms. The quantitative estimate of drug-likeness (QED) is 0.295. The smallest absolute Gasteiger partial charge is 0.253 e. The second kappa shape index (κ2) is 10.7. The molecule has 38 heavy (non-hydrogen) atoms. The third kappa shape index (κ3) is 5.98. The molecule has 5 aromatic rings. The van der Waals surface area contributed by atoms with Gasteiger partial charge in [-0.2, -0.15) is 0 Å². The highest BCUT2D eigenvalue weighted by Crippen LogP contribution is 2.21. The van der Waals surface area contributed by atoms with Gasteiger partial charge < -0.3 is 15.2 Å². The Labute approximate surface area is 219 Å². The van der Waals surface area contributed by atoms with Crippen molar-refractivity contribution in [1.29, 1.82) is 0 Å². The topological polar surface area (TPSA) is 145 Å². The number of sulfone groups is 1. The van der Waals surface area contributed by atoms with Gasteiger partial charge in [-0.15, -0.1) is 0 Å². The van der Waals surface area contributed by atoms with E-state index in [1.165, 1.54) is 18.5 Å². The maximum Gasteiger partial charge on any atom is 0.253 e. The van der Waals surface area contributed by atoms with Gasteiger partial charge in [-0.3, -0.25) is 14.8 Å². The molecule has 1 amide bonds. The first kappa shape index (κ1) is 25.0. The highest BCUT2D eigenvalue weighted by Gasteiger charge is 2.13. The molecule has 0 saturated heterocycles. The zero-order valence-electron chi connectivity index (χ0n) is 20.4. The van der Waals surface area contributed by atoms with E-state index in [-0.39, 0.29) is 17.0 Å². The summed E-state index contributed by atoms with van der Waals surface area (Å²) >= 11 is 0. The van der Waals surface area contributed by atoms with Crippen molar-refractivity contribution in [3.05, 3.63) is 91.0 Å². The van der Waals surface area contributed by atoms with Crippen LogP contribution in [-0.4, -0.2) is 56.6 Å². The number of rotatable bonds is 9. The Balaban J connectivity index is 1.28. The van der Waals surface area contributed by atoms with Crippen molar-refractivity contribution in [1.82, 2.24) is 34.8 Å². The SMILES string of the molecule is CS(=O)(=O)c1cncc(C(=O)NCc2cc3nc(-c4cccc(NCCn5ccnc5)n4)ccc3cn2)c1. The fourth-order valence-corrected chi connectivity index (χ4v) is 4.32. The Morgan fingerprint density at radius 3 is 2.68 bits per heavy atom. The molecule has 0 atom stereocenters. The Kier molecular flexibility index (Phi) is 7.05. The maximum atomic E-state index is 12.6. The van der Waals surface area contributed by atoms with E-state index < -0.39 is 15.7 Å². The zero-order valence-corrected chi connectivity index (χ0v) is 21.3. The highest BCUT2D eigenvalue weighted by atomic mass is 32.2. The van der Waals surface area contributed by atoms with Crippen LogP contribution in [0.15, 0.2) is 84.7 Å². The van der Waals surface area contributed by atoms with Crippen LogP contribution in [0.4, 0.5) is 5.82 Å². The summed E-state index contributed by atoms with van der Waals surface area (Å²) in [6.45, 7) is 1.61. The number of hydrogen-bond acceptors (Lipinski definition) is 9. The van der Waals surface area contributed by atoms with Gasteiger partial charge in [0.05, 0.1) is 45.9 Å². The van der Waals surface area contributed by atoms with E-state index in [0.717, 1.165) is 29.7 Å². The third-order valence-electron chi connectivity index (χ3n) is 5.71. The summed E-state index contributed by atoms with van der Waals surface area (Å²) < 4.78 is 25.5. The average Bonchev–Trinajstić information content (AvgIpc) is 3.45. The lowest BCUT2D eigenvalue weighted by molar-refractivity contribution is 0.0950. The second-order valence-corrected chi connectivity index (χ2v) is 10.6. The van der Waals surface area contributed by atoms with Gasteiger partial charge in [0.15, 0.2) is 9.84 Å². The molecule has 192 valence electrons. The monoisotopic (exact) mass is 528 g/mol. The minimum absolute atomic E-state index is 0.0169. The summed E-state index contributed by atoms with van der Waals surface area (Å²) in [6.07, 6.45) is 10.7. The van der Waals surface area contributed by atoms with E-state index in [1.807, 2.05) is 41.1 Å². The molecule has 11 nitrogen and oxygen atoms in total. The van der Waals surface area contributed by atoms with Crippen LogP contribution in [-0.2, 0) is 22.9 Å². The van der Waals surface area contributed by atoms with Crippen molar-refractivity contribution in [2.24, 2.45) is 0 Å². The van der Waals surface area contributed by atoms with Crippen LogP contribution in [0.25, 0.3) is 22.3 Å². The van der Waals surface area contributed by atoms with Gasteiger partial charge in [0.2, 0.25) is 0 Å². The fourth-order valence-electron chi connectivity index (χ4n) is 3.72. The lowest BCUT2D eigenvalue weighted by Gasteiger charge is -2.09. The van der Waals surface area contributed by atoms with E-state index in [0.29, 0.717) is 23.4 Å². The summed E-state index contributed by atoms with van der Waals surface area (Å²) in [4.78, 5) is 34.3. The largest absolute Gasteiger partial charge is 0.368 e. The van der Waals surface area contributed by atoms with Gasteiger partial charge in [0.1, 0.15) is 5.82 Å². The predicted molar refractivity (Wildman–Crippen MR) is 142 cm³/mol. The normalized spacial score (nSPS) is 11.4. The van der Waals surface area contributed by atoms with Crippen LogP contribution in [0.5, 0.6) is 0 Å². The number of anilines is 1. The van der Waals surface area contributed by atoms with Gasteiger partial charge in [-0.05, 0) is 36.4 Å². The molecular weight excluding hydrogens is 504 g/mol. The van der Waals surface area contributed by atoms with Crippen LogP contribution in [0.1, 0.15) is 16.1 Å². The number of aromatic nitrogens is 6. The summed E-state index contributed by atoms with van der Waals surface area (Å²) in [6, 6.07) is 12.7. The molecule has 0 unspecified atom stereocenters. The lowest BCUT2D eigenvalue weighted by Crippen LogP contribution is -2.23. The van der Waals surface area contributed by atoms with Gasteiger partial charge in [0.25, 0.3) is 5.91 Å². The number of carbonyl (C=O) groups excluding carboxylic acids is 1. The summed E-state index contributed by atoms with van der Waals surface area (Å²) in [5, 5.41) is 6.92. The van der Waals surface area contributed by atoms with Crippen molar-refractivity contribution in [3.63, 3.8) is 0 Å². The number of pyridine rings is 4. The first-order valence-electron chi connectivity index (χ1n) is 11.7. The predicted octanol–water partition coefficient (Wildman–Crippen LogP) is 2.73. The number of imidazole rings is 1. The molecule has 0 spiro atoms. The van der Waals surface area contributed by atoms with Crippen LogP contribution in [0, 0.1) is 0 Å². The minimum atomic E-state index is -3.47. The molecule has 0 aromatic carbocycles. The van der Waals surface area contributed by atoms with Crippen molar-refractivity contribution >= 4 is 32.5 Å². The third-order valence-corrected chi connectivity index (χ3v) is 6.79. The maximum absolute atomic E-state index is 12.6. The Morgan fingerprint density at radius 2 is 1.87 bits per heavy atom. The standard InChI is InChI=1S/C26H24N8O3S/c1-38(36,37)21-11-19(13-28-16-21)26(35)31-15-20-12-24-18(14-30-20)5-6-23(32-24)22-3-2-4-25(33-22)29-8-10-34-9-7-27-17-34/h2-7,9,11-14,16-17H,8,10,15H2,1H3,(H,29,33)(H,31,35). The van der Waals surface area contributed by atoms with Crippen LogP contribution < -0.4 is 10.6 Å². The Hall–Kier alpha value is -4.71. The van der Waals surface area contributed by atoms with Crippen LogP contribution >= 0.6 is 0 Å². The Morgan fingerprint density at radius 1 is 1.00 bits per heavy atom. The van der Waals surface area contributed by atoms with E-state index in [1.54, 1.807) is 24.8 Å². The average molecular weight is 529 g/mol. The molecule has 0 radical (unpaired) electrons. The number of nitrogens with zero attached hydrogens (tertiary/aromatic N) is 6. The molecule has 0 aliphatic heterocycles. The number of carbonyl (C=O) groups is 1. The van der Waals surface area contributed by atoms with Crippen LogP contribution in [0.2, 0.25) is 0 Å². The van der Waals surface area contributed by atoms with E-state index in [9.17, 15) is 13.2 Å². The molecular formula is C26H24N8O3S. The molecule has 0 bridgehead atoms. The number of nitrogens with one attached hydrogen (secondary N) is 2. The summed E-state index contributed by atoms with van der Waals surface area (Å²) in [7, 11) is -3.47. The number of amides is 1. The van der Waals surface area contributed by atoms with E-state index in [4.69, 9.17) is 4.98 Å². The molecule has 5 rings (SSSR count). The molecule has 5 heterocycles. The molecule has 5 aromatic heterocycles. The van der Waals surface area contributed by atoms with Crippen molar-refractivity contribution in [2.75, 3.05) is 18.1 Å². The first-order valence-corrected chi connectivity index (χ1v) is 13.6. The van der Waals surface area contributed by atoms with Gasteiger partial charge >= 0.3 is 0 Å². The van der Waals surface area contributed by atoms with Crippen molar-refractivity contribution in [2.45, 2.75) is 18.0 Å². The lowest BCUT2D eigenvalue weighted by atomic mass is 10.2. The zero-order chi connectivity index (χ0) is 26.5. The Bertz CT molecular complexity index is 1710. The van der Waals surface area contributed by atoms with E-state index >= 15 is 0 Å². The van der Waals surface area contributed by atoms with Crippen molar-refractivity contribution in [3.8, 4) is 11.4 Å². The number of hydrogen-bond donors (Lipinski definition) is 2. The van der Waals surface area contributed by atoms with Gasteiger partial charge in [-0.1, -0.05) is 6.07 Å². The molecule has 0 aliphatic carbocycles. The minimum Gasteiger partial charge on any atom is -0.368 e. The van der Waals surface area contributed by atoms with Gasteiger partial charge in [0, 0.05) is 55.7 Å². The van der Waals surface area contributed by atoms with Crippen molar-refractivity contribution < 1.29 is 13.2 Å². The van der Waals surface area contributed by atoms with E-state index in [2.05, 4.69) is 30.6 Å². The summed E-state index contributed by atoms with van der Waals surface area (Å²) in [5.41, 5.74) is 2.90. The molecule has 0 aliphatic rings. The first-order chi connectivity index (χ1) is 18.3. The fraction of sp³-hybridized carbons (Fsp3) is 0.154. The molecule has 2 N–H and O–H groups in total. The second-order valence-electron chi connectivity index (χ2n) is 8.56. The molecule has 0 fully saturated rings. The highest BCUT2D eigenvalue weighted by molar-refractivity contribution is 7.90.